The SMILES string of the molecule is CNCCc1nc(C2CC2)ncc1O. The van der Waals surface area contributed by atoms with Crippen LogP contribution in [0.3, 0.4) is 0 Å². The van der Waals surface area contributed by atoms with E-state index < -0.39 is 0 Å². The molecule has 1 aromatic heterocycles. The van der Waals surface area contributed by atoms with Crippen molar-refractivity contribution in [3.05, 3.63) is 17.7 Å². The van der Waals surface area contributed by atoms with Crippen LogP contribution in [-0.2, 0) is 6.42 Å². The third-order valence-corrected chi connectivity index (χ3v) is 2.42. The first-order chi connectivity index (χ1) is 6.81. The van der Waals surface area contributed by atoms with Crippen LogP contribution in [0.25, 0.3) is 0 Å². The molecule has 4 heteroatoms. The molecule has 0 unspecified atom stereocenters. The monoisotopic (exact) mass is 193 g/mol. The molecule has 0 aromatic carbocycles. The van der Waals surface area contributed by atoms with Gasteiger partial charge in [-0.1, -0.05) is 0 Å². The second-order valence-electron chi connectivity index (χ2n) is 3.69. The highest BCUT2D eigenvalue weighted by Crippen LogP contribution is 2.38. The molecule has 0 aliphatic heterocycles. The zero-order valence-corrected chi connectivity index (χ0v) is 8.32. The Hall–Kier alpha value is -1.16. The normalized spacial score (nSPS) is 15.8. The van der Waals surface area contributed by atoms with Gasteiger partial charge in [-0.2, -0.15) is 0 Å². The maximum atomic E-state index is 9.51. The van der Waals surface area contributed by atoms with E-state index in [-0.39, 0.29) is 5.75 Å². The second kappa shape index (κ2) is 3.92. The number of nitrogens with zero attached hydrogens (tertiary/aromatic N) is 2. The summed E-state index contributed by atoms with van der Waals surface area (Å²) in [6.07, 6.45) is 4.66. The number of aromatic nitrogens is 2. The zero-order chi connectivity index (χ0) is 9.97. The fraction of sp³-hybridized carbons (Fsp3) is 0.600. The Labute approximate surface area is 83.4 Å². The molecule has 2 N–H and O–H groups in total. The molecule has 1 fully saturated rings. The van der Waals surface area contributed by atoms with Crippen LogP contribution in [0.1, 0.15) is 30.3 Å². The molecule has 76 valence electrons. The smallest absolute Gasteiger partial charge is 0.155 e. The number of hydrogen-bond acceptors (Lipinski definition) is 4. The molecule has 0 spiro atoms. The lowest BCUT2D eigenvalue weighted by molar-refractivity contribution is 0.458. The molecule has 0 amide bonds. The van der Waals surface area contributed by atoms with Crippen molar-refractivity contribution >= 4 is 0 Å². The maximum Gasteiger partial charge on any atom is 0.155 e. The lowest BCUT2D eigenvalue weighted by Crippen LogP contribution is -2.12. The number of likely N-dealkylation sites (N-methyl/N-ethyl adjacent to an activating group) is 1. The van der Waals surface area contributed by atoms with Crippen LogP contribution >= 0.6 is 0 Å². The highest BCUT2D eigenvalue weighted by molar-refractivity contribution is 5.24. The van der Waals surface area contributed by atoms with Gasteiger partial charge in [-0.25, -0.2) is 9.97 Å². The van der Waals surface area contributed by atoms with Crippen molar-refractivity contribution in [2.45, 2.75) is 25.2 Å². The quantitative estimate of drug-likeness (QED) is 0.743. The fourth-order valence-electron chi connectivity index (χ4n) is 1.39. The summed E-state index contributed by atoms with van der Waals surface area (Å²) in [6, 6.07) is 0. The average molecular weight is 193 g/mol. The summed E-state index contributed by atoms with van der Waals surface area (Å²) in [4.78, 5) is 8.50. The molecule has 14 heavy (non-hydrogen) atoms. The molecule has 1 aliphatic carbocycles. The van der Waals surface area contributed by atoms with E-state index in [1.54, 1.807) is 0 Å². The van der Waals surface area contributed by atoms with Gasteiger partial charge < -0.3 is 10.4 Å². The molecule has 1 aliphatic rings. The van der Waals surface area contributed by atoms with E-state index >= 15 is 0 Å². The highest BCUT2D eigenvalue weighted by Gasteiger charge is 2.27. The van der Waals surface area contributed by atoms with Crippen molar-refractivity contribution in [3.63, 3.8) is 0 Å². The standard InChI is InChI=1S/C10H15N3O/c1-11-5-4-8-9(14)6-12-10(13-8)7-2-3-7/h6-7,11,14H,2-5H2,1H3. The minimum atomic E-state index is 0.213. The number of aromatic hydroxyl groups is 1. The van der Waals surface area contributed by atoms with Crippen molar-refractivity contribution in [1.82, 2.24) is 15.3 Å². The van der Waals surface area contributed by atoms with Crippen molar-refractivity contribution in [2.75, 3.05) is 13.6 Å². The molecule has 0 bridgehead atoms. The van der Waals surface area contributed by atoms with Gasteiger partial charge in [0.15, 0.2) is 5.75 Å². The number of rotatable bonds is 4. The maximum absolute atomic E-state index is 9.51. The van der Waals surface area contributed by atoms with Gasteiger partial charge >= 0.3 is 0 Å². The summed E-state index contributed by atoms with van der Waals surface area (Å²) >= 11 is 0. The van der Waals surface area contributed by atoms with E-state index in [0.717, 1.165) is 24.5 Å². The summed E-state index contributed by atoms with van der Waals surface area (Å²) in [5.74, 6) is 1.66. The Morgan fingerprint density at radius 1 is 1.57 bits per heavy atom. The van der Waals surface area contributed by atoms with Gasteiger partial charge in [0.1, 0.15) is 5.82 Å². The van der Waals surface area contributed by atoms with Crippen LogP contribution in [0.15, 0.2) is 6.20 Å². The van der Waals surface area contributed by atoms with Gasteiger partial charge in [-0.3, -0.25) is 0 Å². The molecular weight excluding hydrogens is 178 g/mol. The second-order valence-corrected chi connectivity index (χ2v) is 3.69. The van der Waals surface area contributed by atoms with Gasteiger partial charge in [-0.05, 0) is 19.9 Å². The summed E-state index contributed by atoms with van der Waals surface area (Å²) in [7, 11) is 1.89. The van der Waals surface area contributed by atoms with Gasteiger partial charge in [0, 0.05) is 18.9 Å². The predicted molar refractivity (Wildman–Crippen MR) is 53.3 cm³/mol. The minimum Gasteiger partial charge on any atom is -0.504 e. The number of hydrogen-bond donors (Lipinski definition) is 2. The molecule has 1 saturated carbocycles. The molecule has 0 radical (unpaired) electrons. The Bertz CT molecular complexity index is 323. The molecule has 0 saturated heterocycles. The van der Waals surface area contributed by atoms with Gasteiger partial charge in [0.05, 0.1) is 11.9 Å². The van der Waals surface area contributed by atoms with Crippen LogP contribution in [-0.4, -0.2) is 28.7 Å². The lowest BCUT2D eigenvalue weighted by Gasteiger charge is -2.04. The molecule has 4 nitrogen and oxygen atoms in total. The van der Waals surface area contributed by atoms with E-state index in [4.69, 9.17) is 0 Å². The van der Waals surface area contributed by atoms with Crippen LogP contribution < -0.4 is 5.32 Å². The van der Waals surface area contributed by atoms with E-state index in [2.05, 4.69) is 15.3 Å². The van der Waals surface area contributed by atoms with Crippen LogP contribution in [0.4, 0.5) is 0 Å². The summed E-state index contributed by atoms with van der Waals surface area (Å²) in [6.45, 7) is 0.828. The number of nitrogens with one attached hydrogen (secondary N) is 1. The van der Waals surface area contributed by atoms with E-state index in [0.29, 0.717) is 5.92 Å². The molecule has 1 aromatic rings. The fourth-order valence-corrected chi connectivity index (χ4v) is 1.39. The first-order valence-electron chi connectivity index (χ1n) is 5.00. The van der Waals surface area contributed by atoms with E-state index in [1.807, 2.05) is 7.05 Å². The van der Waals surface area contributed by atoms with Crippen molar-refractivity contribution in [2.24, 2.45) is 0 Å². The zero-order valence-electron chi connectivity index (χ0n) is 8.32. The average Bonchev–Trinajstić information content (AvgIpc) is 3.00. The van der Waals surface area contributed by atoms with Crippen LogP contribution in [0, 0.1) is 0 Å². The Balaban J connectivity index is 2.14. The third kappa shape index (κ3) is 2.01. The topological polar surface area (TPSA) is 58.0 Å². The summed E-state index contributed by atoms with van der Waals surface area (Å²) in [5.41, 5.74) is 0.760. The van der Waals surface area contributed by atoms with Gasteiger partial charge in [0.25, 0.3) is 0 Å². The largest absolute Gasteiger partial charge is 0.504 e. The first-order valence-corrected chi connectivity index (χ1v) is 5.00. The first kappa shape index (κ1) is 9.40. The van der Waals surface area contributed by atoms with Crippen LogP contribution in [0.5, 0.6) is 5.75 Å². The van der Waals surface area contributed by atoms with Gasteiger partial charge in [-0.15, -0.1) is 0 Å². The van der Waals surface area contributed by atoms with Crippen molar-refractivity contribution in [3.8, 4) is 5.75 Å². The van der Waals surface area contributed by atoms with E-state index in [9.17, 15) is 5.11 Å². The third-order valence-electron chi connectivity index (χ3n) is 2.42. The van der Waals surface area contributed by atoms with E-state index in [1.165, 1.54) is 19.0 Å². The Morgan fingerprint density at radius 3 is 3.00 bits per heavy atom. The minimum absolute atomic E-state index is 0.213. The molecule has 1 heterocycles. The summed E-state index contributed by atoms with van der Waals surface area (Å²) < 4.78 is 0. The molecule has 2 rings (SSSR count). The lowest BCUT2D eigenvalue weighted by atomic mass is 10.2. The van der Waals surface area contributed by atoms with Crippen molar-refractivity contribution in [1.29, 1.82) is 0 Å². The predicted octanol–water partition coefficient (Wildman–Crippen LogP) is 0.821. The highest BCUT2D eigenvalue weighted by atomic mass is 16.3. The molecule has 0 atom stereocenters. The molecular formula is C10H15N3O. The van der Waals surface area contributed by atoms with Gasteiger partial charge in [0.2, 0.25) is 0 Å². The van der Waals surface area contributed by atoms with Crippen LogP contribution in [0.2, 0.25) is 0 Å². The van der Waals surface area contributed by atoms with Crippen molar-refractivity contribution < 1.29 is 5.11 Å². The Kier molecular flexibility index (Phi) is 2.63. The Morgan fingerprint density at radius 2 is 2.36 bits per heavy atom. The summed E-state index contributed by atoms with van der Waals surface area (Å²) in [5, 5.41) is 12.5.